The third-order valence-electron chi connectivity index (χ3n) is 4.06. The fourth-order valence-corrected chi connectivity index (χ4v) is 3.65. The Kier molecular flexibility index (Phi) is 11.8. The summed E-state index contributed by atoms with van der Waals surface area (Å²) in [4.78, 5) is 21.8. The van der Waals surface area contributed by atoms with E-state index in [1.54, 1.807) is 6.92 Å². The SMILES string of the molecule is CCNC(=NCc1ccc(OC(C)C)cc1)NC(C)c1nc(C)c(C(=O)OCC)s1.I. The highest BCUT2D eigenvalue weighted by atomic mass is 127. The minimum Gasteiger partial charge on any atom is -0.491 e. The second-order valence-electron chi connectivity index (χ2n) is 7.06. The summed E-state index contributed by atoms with van der Waals surface area (Å²) in [6, 6.07) is 7.86. The maximum absolute atomic E-state index is 12.1. The second kappa shape index (κ2) is 13.5. The molecule has 172 valence electrons. The molecule has 7 nitrogen and oxygen atoms in total. The first kappa shape index (κ1) is 27.2. The number of thiazole rings is 1. The van der Waals surface area contributed by atoms with Crippen LogP contribution in [0, 0.1) is 6.92 Å². The molecule has 1 unspecified atom stereocenters. The van der Waals surface area contributed by atoms with Gasteiger partial charge in [0.05, 0.1) is 31.0 Å². The highest BCUT2D eigenvalue weighted by molar-refractivity contribution is 14.0. The van der Waals surface area contributed by atoms with Crippen molar-refractivity contribution < 1.29 is 14.3 Å². The molecule has 1 aromatic heterocycles. The van der Waals surface area contributed by atoms with Gasteiger partial charge in [0.15, 0.2) is 5.96 Å². The number of ether oxygens (including phenoxy) is 2. The molecule has 1 heterocycles. The van der Waals surface area contributed by atoms with Crippen molar-refractivity contribution in [3.63, 3.8) is 0 Å². The van der Waals surface area contributed by atoms with Gasteiger partial charge in [0, 0.05) is 6.54 Å². The molecule has 0 bridgehead atoms. The van der Waals surface area contributed by atoms with Gasteiger partial charge in [-0.05, 0) is 59.2 Å². The Labute approximate surface area is 206 Å². The molecule has 0 radical (unpaired) electrons. The fourth-order valence-electron chi connectivity index (χ4n) is 2.69. The average Bonchev–Trinajstić information content (AvgIpc) is 3.09. The summed E-state index contributed by atoms with van der Waals surface area (Å²) in [5.74, 6) is 1.22. The lowest BCUT2D eigenvalue weighted by molar-refractivity contribution is 0.0531. The molecule has 1 atom stereocenters. The molecule has 0 aliphatic heterocycles. The maximum Gasteiger partial charge on any atom is 0.350 e. The number of guanidine groups is 1. The van der Waals surface area contributed by atoms with Crippen molar-refractivity contribution in [1.29, 1.82) is 0 Å². The van der Waals surface area contributed by atoms with Gasteiger partial charge >= 0.3 is 5.97 Å². The van der Waals surface area contributed by atoms with Crippen molar-refractivity contribution >= 4 is 47.2 Å². The number of aromatic nitrogens is 1. The summed E-state index contributed by atoms with van der Waals surface area (Å²) in [5.41, 5.74) is 1.78. The molecule has 0 fully saturated rings. The lowest BCUT2D eigenvalue weighted by atomic mass is 10.2. The van der Waals surface area contributed by atoms with Gasteiger partial charge in [-0.3, -0.25) is 0 Å². The van der Waals surface area contributed by atoms with Crippen LogP contribution < -0.4 is 15.4 Å². The number of nitrogens with zero attached hydrogens (tertiary/aromatic N) is 2. The van der Waals surface area contributed by atoms with E-state index in [0.717, 1.165) is 22.9 Å². The summed E-state index contributed by atoms with van der Waals surface area (Å²) in [6.45, 7) is 13.3. The highest BCUT2D eigenvalue weighted by Gasteiger charge is 2.20. The monoisotopic (exact) mass is 560 g/mol. The van der Waals surface area contributed by atoms with E-state index in [-0.39, 0.29) is 42.1 Å². The summed E-state index contributed by atoms with van der Waals surface area (Å²) < 4.78 is 10.8. The van der Waals surface area contributed by atoms with Crippen LogP contribution in [0.5, 0.6) is 5.75 Å². The van der Waals surface area contributed by atoms with Crippen LogP contribution in [-0.4, -0.2) is 36.2 Å². The minimum absolute atomic E-state index is 0. The van der Waals surface area contributed by atoms with Crippen LogP contribution in [0.4, 0.5) is 0 Å². The molecule has 0 aliphatic rings. The Morgan fingerprint density at radius 1 is 1.19 bits per heavy atom. The zero-order valence-electron chi connectivity index (χ0n) is 19.0. The van der Waals surface area contributed by atoms with Gasteiger partial charge in [0.1, 0.15) is 15.6 Å². The van der Waals surface area contributed by atoms with Crippen LogP contribution >= 0.6 is 35.3 Å². The highest BCUT2D eigenvalue weighted by Crippen LogP contribution is 2.24. The fraction of sp³-hybridized carbons (Fsp3) is 0.500. The number of aliphatic imine (C=N–C) groups is 1. The predicted molar refractivity (Wildman–Crippen MR) is 137 cm³/mol. The van der Waals surface area contributed by atoms with Gasteiger partial charge in [-0.25, -0.2) is 14.8 Å². The summed E-state index contributed by atoms with van der Waals surface area (Å²) in [6.07, 6.45) is 0.152. The van der Waals surface area contributed by atoms with Crippen LogP contribution in [0.25, 0.3) is 0 Å². The number of rotatable bonds is 9. The van der Waals surface area contributed by atoms with E-state index >= 15 is 0 Å². The normalized spacial score (nSPS) is 12.2. The van der Waals surface area contributed by atoms with Crippen LogP contribution in [0.2, 0.25) is 0 Å². The number of aryl methyl sites for hydroxylation is 1. The number of hydrogen-bond donors (Lipinski definition) is 2. The Hall–Kier alpha value is -1.88. The maximum atomic E-state index is 12.1. The van der Waals surface area contributed by atoms with Crippen LogP contribution in [-0.2, 0) is 11.3 Å². The Bertz CT molecular complexity index is 853. The van der Waals surface area contributed by atoms with Crippen LogP contribution in [0.1, 0.15) is 66.6 Å². The first-order valence-corrected chi connectivity index (χ1v) is 11.1. The van der Waals surface area contributed by atoms with E-state index in [1.165, 1.54) is 11.3 Å². The first-order chi connectivity index (χ1) is 14.3. The van der Waals surface area contributed by atoms with E-state index in [0.29, 0.717) is 29.7 Å². The lowest BCUT2D eigenvalue weighted by Crippen LogP contribution is -2.38. The standard InChI is InChI=1S/C22H32N4O3S.HI/c1-7-23-22(24-13-17-9-11-18(12-10-17)29-14(3)4)26-16(6)20-25-15(5)19(30-20)21(27)28-8-2;/h9-12,14,16H,7-8,13H2,1-6H3,(H2,23,24,26);1H. The third kappa shape index (κ3) is 8.64. The largest absolute Gasteiger partial charge is 0.491 e. The molecular formula is C22H33IN4O3S. The van der Waals surface area contributed by atoms with E-state index < -0.39 is 0 Å². The summed E-state index contributed by atoms with van der Waals surface area (Å²) in [5, 5.41) is 7.43. The first-order valence-electron chi connectivity index (χ1n) is 10.3. The van der Waals surface area contributed by atoms with Gasteiger partial charge in [-0.15, -0.1) is 35.3 Å². The zero-order valence-corrected chi connectivity index (χ0v) is 22.2. The number of benzene rings is 1. The van der Waals surface area contributed by atoms with Gasteiger partial charge in [-0.1, -0.05) is 12.1 Å². The third-order valence-corrected chi connectivity index (χ3v) is 5.38. The average molecular weight is 561 g/mol. The van der Waals surface area contributed by atoms with Crippen molar-refractivity contribution in [2.45, 2.75) is 60.2 Å². The summed E-state index contributed by atoms with van der Waals surface area (Å²) >= 11 is 1.35. The van der Waals surface area contributed by atoms with Crippen LogP contribution in [0.3, 0.4) is 0 Å². The van der Waals surface area contributed by atoms with Crippen molar-refractivity contribution in [2.24, 2.45) is 4.99 Å². The molecule has 1 aromatic carbocycles. The second-order valence-corrected chi connectivity index (χ2v) is 8.09. The minimum atomic E-state index is -0.323. The molecule has 0 spiro atoms. The predicted octanol–water partition coefficient (Wildman–Crippen LogP) is 4.85. The Balaban J connectivity index is 0.00000480. The zero-order chi connectivity index (χ0) is 22.1. The van der Waals surface area contributed by atoms with E-state index in [1.807, 2.05) is 58.9 Å². The van der Waals surface area contributed by atoms with Crippen molar-refractivity contribution in [3.8, 4) is 5.75 Å². The van der Waals surface area contributed by atoms with Crippen LogP contribution in [0.15, 0.2) is 29.3 Å². The topological polar surface area (TPSA) is 84.8 Å². The molecule has 0 aliphatic carbocycles. The number of carbonyl (C=O) groups excluding carboxylic acids is 1. The Morgan fingerprint density at radius 3 is 2.45 bits per heavy atom. The lowest BCUT2D eigenvalue weighted by Gasteiger charge is -2.16. The van der Waals surface area contributed by atoms with E-state index in [9.17, 15) is 4.79 Å². The number of carbonyl (C=O) groups is 1. The molecule has 9 heteroatoms. The van der Waals surface area contributed by atoms with Crippen molar-refractivity contribution in [3.05, 3.63) is 45.4 Å². The number of halogens is 1. The molecule has 0 saturated heterocycles. The van der Waals surface area contributed by atoms with Gasteiger partial charge < -0.3 is 20.1 Å². The molecule has 2 aromatic rings. The molecular weight excluding hydrogens is 527 g/mol. The number of nitrogens with one attached hydrogen (secondary N) is 2. The van der Waals surface area contributed by atoms with Crippen molar-refractivity contribution in [1.82, 2.24) is 15.6 Å². The quantitative estimate of drug-likeness (QED) is 0.198. The molecule has 0 amide bonds. The van der Waals surface area contributed by atoms with Gasteiger partial charge in [-0.2, -0.15) is 0 Å². The number of esters is 1. The number of hydrogen-bond acceptors (Lipinski definition) is 6. The molecule has 0 saturated carbocycles. The smallest absolute Gasteiger partial charge is 0.350 e. The molecule has 31 heavy (non-hydrogen) atoms. The molecule has 2 N–H and O–H groups in total. The van der Waals surface area contributed by atoms with Gasteiger partial charge in [0.2, 0.25) is 0 Å². The summed E-state index contributed by atoms with van der Waals surface area (Å²) in [7, 11) is 0. The Morgan fingerprint density at radius 2 is 1.87 bits per heavy atom. The van der Waals surface area contributed by atoms with E-state index in [4.69, 9.17) is 9.47 Å². The van der Waals surface area contributed by atoms with Gasteiger partial charge in [0.25, 0.3) is 0 Å². The van der Waals surface area contributed by atoms with E-state index in [2.05, 4.69) is 20.6 Å². The molecule has 2 rings (SSSR count). The van der Waals surface area contributed by atoms with Crippen molar-refractivity contribution in [2.75, 3.05) is 13.2 Å².